The predicted molar refractivity (Wildman–Crippen MR) is 126 cm³/mol. The van der Waals surface area contributed by atoms with Gasteiger partial charge in [-0.1, -0.05) is 24.3 Å². The van der Waals surface area contributed by atoms with E-state index in [1.54, 1.807) is 18.2 Å². The molecule has 1 amide bonds. The van der Waals surface area contributed by atoms with Crippen LogP contribution in [0.1, 0.15) is 21.5 Å². The molecule has 176 valence electrons. The fourth-order valence-electron chi connectivity index (χ4n) is 3.94. The van der Waals surface area contributed by atoms with Crippen molar-refractivity contribution in [2.24, 2.45) is 0 Å². The number of morpholine rings is 1. The Kier molecular flexibility index (Phi) is 5.76. The van der Waals surface area contributed by atoms with E-state index in [4.69, 9.17) is 14.2 Å². The predicted octanol–water partition coefficient (Wildman–Crippen LogP) is 4.47. The van der Waals surface area contributed by atoms with E-state index in [1.165, 1.54) is 16.4 Å². The van der Waals surface area contributed by atoms with Gasteiger partial charge in [-0.15, -0.1) is 0 Å². The zero-order valence-corrected chi connectivity index (χ0v) is 19.6. The van der Waals surface area contributed by atoms with Gasteiger partial charge in [-0.05, 0) is 49.2 Å². The number of nitrogens with zero attached hydrogens (tertiary/aromatic N) is 1. The number of hydrogen-bond acceptors (Lipinski definition) is 6. The first-order valence-electron chi connectivity index (χ1n) is 10.9. The molecule has 1 saturated heterocycles. The summed E-state index contributed by atoms with van der Waals surface area (Å²) in [6.45, 7) is 4.82. The Hall–Kier alpha value is -3.40. The third-order valence-electron chi connectivity index (χ3n) is 5.80. The molecule has 3 aromatic rings. The van der Waals surface area contributed by atoms with Crippen molar-refractivity contribution in [2.75, 3.05) is 31.6 Å². The topological polar surface area (TPSA) is 94.2 Å². The molecule has 9 heteroatoms. The maximum atomic E-state index is 13.6. The quantitative estimate of drug-likeness (QED) is 0.592. The monoisotopic (exact) mass is 480 g/mol. The number of carbonyl (C=O) groups is 1. The van der Waals surface area contributed by atoms with E-state index in [0.29, 0.717) is 30.4 Å². The third kappa shape index (κ3) is 4.13. The number of aryl methyl sites for hydroxylation is 2. The van der Waals surface area contributed by atoms with E-state index in [-0.39, 0.29) is 35.0 Å². The number of ether oxygens (including phenoxy) is 3. The number of para-hydroxylation sites is 1. The summed E-state index contributed by atoms with van der Waals surface area (Å²) in [5, 5.41) is 2.82. The summed E-state index contributed by atoms with van der Waals surface area (Å²) in [6.07, 6.45) is 0. The molecule has 0 unspecified atom stereocenters. The van der Waals surface area contributed by atoms with Gasteiger partial charge >= 0.3 is 0 Å². The number of nitrogens with one attached hydrogen (secondary N) is 1. The Balaban J connectivity index is 1.66. The van der Waals surface area contributed by atoms with E-state index < -0.39 is 15.9 Å². The van der Waals surface area contributed by atoms with Crippen LogP contribution in [0, 0.1) is 13.8 Å². The highest BCUT2D eigenvalue weighted by Gasteiger charge is 2.33. The highest BCUT2D eigenvalue weighted by atomic mass is 32.2. The summed E-state index contributed by atoms with van der Waals surface area (Å²) in [6, 6.07) is 15.6. The van der Waals surface area contributed by atoms with Crippen molar-refractivity contribution < 1.29 is 27.4 Å². The molecule has 2 aliphatic heterocycles. The molecular formula is C25H24N2O6S. The minimum absolute atomic E-state index is 0.0860. The Labute approximate surface area is 198 Å². The number of benzene rings is 3. The summed E-state index contributed by atoms with van der Waals surface area (Å²) in [4.78, 5) is 13.0. The Morgan fingerprint density at radius 3 is 2.47 bits per heavy atom. The van der Waals surface area contributed by atoms with Crippen LogP contribution >= 0.6 is 0 Å². The molecule has 1 N–H and O–H groups in total. The van der Waals surface area contributed by atoms with Crippen molar-refractivity contribution in [1.82, 2.24) is 4.31 Å². The highest BCUT2D eigenvalue weighted by molar-refractivity contribution is 7.89. The number of sulfonamides is 1. The lowest BCUT2D eigenvalue weighted by Crippen LogP contribution is -2.40. The minimum Gasteiger partial charge on any atom is -0.456 e. The van der Waals surface area contributed by atoms with Crippen molar-refractivity contribution in [3.05, 3.63) is 71.3 Å². The fraction of sp³-hybridized carbons (Fsp3) is 0.240. The lowest BCUT2D eigenvalue weighted by molar-refractivity contribution is 0.0729. The van der Waals surface area contributed by atoms with E-state index in [9.17, 15) is 13.2 Å². The van der Waals surface area contributed by atoms with Crippen LogP contribution in [0.25, 0.3) is 0 Å². The van der Waals surface area contributed by atoms with Crippen LogP contribution in [0.4, 0.5) is 5.69 Å². The maximum absolute atomic E-state index is 13.6. The van der Waals surface area contributed by atoms with E-state index >= 15 is 0 Å². The number of amides is 1. The second-order valence-corrected chi connectivity index (χ2v) is 10.1. The second-order valence-electron chi connectivity index (χ2n) is 8.23. The van der Waals surface area contributed by atoms with E-state index in [2.05, 4.69) is 5.32 Å². The molecule has 0 bridgehead atoms. The highest BCUT2D eigenvalue weighted by Crippen LogP contribution is 2.42. The molecule has 34 heavy (non-hydrogen) atoms. The lowest BCUT2D eigenvalue weighted by atomic mass is 10.1. The molecule has 2 aliphatic rings. The SMILES string of the molecule is Cc1ccc2c(c1)NC(=O)c1cc(S(=O)(=O)N3CCOCC3)c(Oc3ccccc3C)cc1O2. The zero-order valence-electron chi connectivity index (χ0n) is 18.8. The van der Waals surface area contributed by atoms with E-state index in [1.807, 2.05) is 38.1 Å². The lowest BCUT2D eigenvalue weighted by Gasteiger charge is -2.27. The summed E-state index contributed by atoms with van der Waals surface area (Å²) >= 11 is 0. The van der Waals surface area contributed by atoms with Crippen molar-refractivity contribution in [1.29, 1.82) is 0 Å². The van der Waals surface area contributed by atoms with Crippen molar-refractivity contribution in [3.63, 3.8) is 0 Å². The first-order valence-corrected chi connectivity index (χ1v) is 12.4. The number of rotatable bonds is 4. The number of fused-ring (bicyclic) bond motifs is 2. The van der Waals surface area contributed by atoms with Gasteiger partial charge in [-0.2, -0.15) is 4.31 Å². The van der Waals surface area contributed by atoms with Crippen LogP contribution in [0.2, 0.25) is 0 Å². The smallest absolute Gasteiger partial charge is 0.259 e. The van der Waals surface area contributed by atoms with Crippen molar-refractivity contribution >= 4 is 21.6 Å². The molecule has 8 nitrogen and oxygen atoms in total. The maximum Gasteiger partial charge on any atom is 0.259 e. The average molecular weight is 481 g/mol. The molecule has 2 heterocycles. The fourth-order valence-corrected chi connectivity index (χ4v) is 5.47. The van der Waals surface area contributed by atoms with Crippen LogP contribution in [-0.2, 0) is 14.8 Å². The molecule has 1 fully saturated rings. The van der Waals surface area contributed by atoms with Gasteiger partial charge in [0, 0.05) is 19.2 Å². The van der Waals surface area contributed by atoms with Crippen molar-refractivity contribution in [3.8, 4) is 23.0 Å². The van der Waals surface area contributed by atoms with Crippen LogP contribution in [0.5, 0.6) is 23.0 Å². The molecule has 0 aromatic heterocycles. The molecule has 5 rings (SSSR count). The van der Waals surface area contributed by atoms with Crippen molar-refractivity contribution in [2.45, 2.75) is 18.7 Å². The second kappa shape index (κ2) is 8.75. The molecule has 0 spiro atoms. The number of anilines is 1. The van der Waals surface area contributed by atoms with E-state index in [0.717, 1.165) is 11.1 Å². The minimum atomic E-state index is -3.98. The molecule has 0 aliphatic carbocycles. The molecule has 3 aromatic carbocycles. The Bertz CT molecular complexity index is 1380. The molecule has 0 atom stereocenters. The summed E-state index contributed by atoms with van der Waals surface area (Å²) < 4.78 is 46.1. The van der Waals surface area contributed by atoms with Crippen LogP contribution in [0.15, 0.2) is 59.5 Å². The molecule has 0 radical (unpaired) electrons. The van der Waals surface area contributed by atoms with Gasteiger partial charge in [-0.3, -0.25) is 4.79 Å². The van der Waals surface area contributed by atoms with Gasteiger partial charge in [0.1, 0.15) is 16.4 Å². The first-order chi connectivity index (χ1) is 16.3. The standard InChI is InChI=1S/C25H24N2O6S/c1-16-7-8-21-19(13-16)26-25(28)18-14-24(34(29,30)27-9-11-31-12-10-27)23(15-22(18)33-21)32-20-6-4-3-5-17(20)2/h3-8,13-15H,9-12H2,1-2H3,(H,26,28). The zero-order chi connectivity index (χ0) is 23.9. The summed E-state index contributed by atoms with van der Waals surface area (Å²) in [5.74, 6) is 0.811. The molecule has 0 saturated carbocycles. The largest absolute Gasteiger partial charge is 0.456 e. The average Bonchev–Trinajstić information content (AvgIpc) is 2.95. The van der Waals surface area contributed by atoms with Gasteiger partial charge in [0.25, 0.3) is 5.91 Å². The van der Waals surface area contributed by atoms with Gasteiger partial charge in [0.15, 0.2) is 11.5 Å². The Morgan fingerprint density at radius 2 is 1.71 bits per heavy atom. The summed E-state index contributed by atoms with van der Waals surface area (Å²) in [7, 11) is -3.98. The van der Waals surface area contributed by atoms with Crippen LogP contribution < -0.4 is 14.8 Å². The van der Waals surface area contributed by atoms with Gasteiger partial charge in [-0.25, -0.2) is 8.42 Å². The third-order valence-corrected chi connectivity index (χ3v) is 7.71. The van der Waals surface area contributed by atoms with Gasteiger partial charge < -0.3 is 19.5 Å². The Morgan fingerprint density at radius 1 is 0.941 bits per heavy atom. The van der Waals surface area contributed by atoms with Gasteiger partial charge in [0.05, 0.1) is 24.5 Å². The van der Waals surface area contributed by atoms with Crippen LogP contribution in [-0.4, -0.2) is 44.9 Å². The van der Waals surface area contributed by atoms with Gasteiger partial charge in [0.2, 0.25) is 10.0 Å². The molecular weight excluding hydrogens is 456 g/mol. The van der Waals surface area contributed by atoms with Crippen LogP contribution in [0.3, 0.4) is 0 Å². The first kappa shape index (κ1) is 22.4. The number of hydrogen-bond donors (Lipinski definition) is 1. The normalized spacial score (nSPS) is 16.0. The number of carbonyl (C=O) groups excluding carboxylic acids is 1. The summed E-state index contributed by atoms with van der Waals surface area (Å²) in [5.41, 5.74) is 2.41.